The van der Waals surface area contributed by atoms with Gasteiger partial charge in [-0.25, -0.2) is 4.98 Å². The van der Waals surface area contributed by atoms with Gasteiger partial charge in [0, 0.05) is 57.6 Å². The summed E-state index contributed by atoms with van der Waals surface area (Å²) in [6, 6.07) is 12.0. The van der Waals surface area contributed by atoms with Crippen LogP contribution in [-0.2, 0) is 15.0 Å². The second-order valence-electron chi connectivity index (χ2n) is 13.2. The van der Waals surface area contributed by atoms with Crippen LogP contribution in [0.2, 0.25) is 0 Å². The molecule has 0 radical (unpaired) electrons. The smallest absolute Gasteiger partial charge is 0.303 e. The van der Waals surface area contributed by atoms with Crippen LogP contribution in [0.1, 0.15) is 107 Å². The van der Waals surface area contributed by atoms with E-state index in [0.29, 0.717) is 19.3 Å². The van der Waals surface area contributed by atoms with Crippen molar-refractivity contribution in [3.63, 3.8) is 0 Å². The van der Waals surface area contributed by atoms with Crippen LogP contribution in [0, 0.1) is 19.8 Å². The number of hydrogen-bond acceptors (Lipinski definition) is 5. The van der Waals surface area contributed by atoms with Gasteiger partial charge < -0.3 is 20.8 Å². The third kappa shape index (κ3) is 6.13. The van der Waals surface area contributed by atoms with Gasteiger partial charge in [0.05, 0.1) is 17.4 Å². The number of rotatable bonds is 9. The molecule has 44 heavy (non-hydrogen) atoms. The Morgan fingerprint density at radius 1 is 0.932 bits per heavy atom. The van der Waals surface area contributed by atoms with Crippen LogP contribution in [0.25, 0.3) is 33.2 Å². The van der Waals surface area contributed by atoms with Crippen molar-refractivity contribution in [3.8, 4) is 0 Å². The van der Waals surface area contributed by atoms with E-state index in [-0.39, 0.29) is 29.5 Å². The molecule has 0 saturated heterocycles. The van der Waals surface area contributed by atoms with Gasteiger partial charge in [0.2, 0.25) is 0 Å². The van der Waals surface area contributed by atoms with Crippen molar-refractivity contribution in [2.24, 2.45) is 11.7 Å². The van der Waals surface area contributed by atoms with Crippen molar-refractivity contribution in [3.05, 3.63) is 70.3 Å². The maximum atomic E-state index is 13.2. The topological polar surface area (TPSA) is 138 Å². The number of nitrogens with one attached hydrogen (secondary N) is 2. The summed E-state index contributed by atoms with van der Waals surface area (Å²) in [7, 11) is 0. The zero-order valence-electron chi connectivity index (χ0n) is 27.0. The Morgan fingerprint density at radius 2 is 1.57 bits per heavy atom. The summed E-state index contributed by atoms with van der Waals surface area (Å²) in [5.41, 5.74) is 17.3. The average molecular weight is 596 g/mol. The molecule has 0 amide bonds. The highest BCUT2D eigenvalue weighted by Crippen LogP contribution is 2.45. The quantitative estimate of drug-likeness (QED) is 0.202. The molecular weight excluding hydrogens is 550 g/mol. The molecular formula is C36H45N5O3. The number of aliphatic carboxylic acids is 1. The van der Waals surface area contributed by atoms with Gasteiger partial charge in [-0.15, -0.1) is 0 Å². The zero-order valence-corrected chi connectivity index (χ0v) is 27.0. The number of aromatic nitrogens is 4. The summed E-state index contributed by atoms with van der Waals surface area (Å²) in [6.07, 6.45) is 2.21. The Labute approximate surface area is 259 Å². The number of H-pyrrole nitrogens is 2. The largest absolute Gasteiger partial charge is 0.481 e. The van der Waals surface area contributed by atoms with Crippen molar-refractivity contribution >= 4 is 45.0 Å². The molecule has 0 fully saturated rings. The number of carbonyl (C=O) groups is 2. The fraction of sp³-hybridized carbons (Fsp3) is 0.444. The van der Waals surface area contributed by atoms with Crippen LogP contribution >= 0.6 is 0 Å². The normalized spacial score (nSPS) is 17.5. The summed E-state index contributed by atoms with van der Waals surface area (Å²) in [4.78, 5) is 42.1. The van der Waals surface area contributed by atoms with Crippen LogP contribution in [0.15, 0.2) is 36.4 Å². The van der Waals surface area contributed by atoms with Crippen LogP contribution in [0.5, 0.6) is 0 Å². The monoisotopic (exact) mass is 595 g/mol. The Balaban J connectivity index is 1.74. The number of carboxylic acids is 1. The molecule has 0 saturated carbocycles. The number of carbonyl (C=O) groups excluding carboxylic acids is 1. The summed E-state index contributed by atoms with van der Waals surface area (Å²) in [5, 5.41) is 9.52. The number of nitrogens with zero attached hydrogens (tertiary/aromatic N) is 2. The number of Topliss-reactive ketones (excluding diaryl/α,β-unsaturated/α-hetero) is 1. The van der Waals surface area contributed by atoms with E-state index in [1.807, 2.05) is 26.0 Å². The lowest BCUT2D eigenvalue weighted by Gasteiger charge is -2.28. The van der Waals surface area contributed by atoms with Gasteiger partial charge in [0.1, 0.15) is 5.78 Å². The number of nitrogens with two attached hydrogens (primary N) is 1. The molecule has 0 aliphatic carbocycles. The van der Waals surface area contributed by atoms with E-state index >= 15 is 0 Å². The van der Waals surface area contributed by atoms with Gasteiger partial charge in [-0.05, 0) is 98.2 Å². The summed E-state index contributed by atoms with van der Waals surface area (Å²) in [5.74, 6) is -0.697. The van der Waals surface area contributed by atoms with E-state index in [4.69, 9.17) is 15.7 Å². The molecule has 3 aromatic rings. The second kappa shape index (κ2) is 12.2. The van der Waals surface area contributed by atoms with Gasteiger partial charge in [-0.1, -0.05) is 34.1 Å². The van der Waals surface area contributed by atoms with E-state index < -0.39 is 12.0 Å². The standard InChI is InChI=1S/C36H45N5O3/c1-8-19(2)35(37)32(42)11-10-26-31-17-30-25(9-12-34(43)44)22(5)29(40-30)16-24-13-20(3)27(38-24)15-23-14-21(4)28(39-23)18-33(41-31)36(26,6)7/h13-19,26,35,38-39H,8-12,37H2,1-7H3,(H,43,44)/t19-,26-,35-/m0/s1. The molecule has 0 unspecified atom stereocenters. The van der Waals surface area contributed by atoms with Crippen LogP contribution < -0.4 is 5.73 Å². The lowest BCUT2D eigenvalue weighted by Crippen LogP contribution is -2.37. The van der Waals surface area contributed by atoms with Crippen molar-refractivity contribution < 1.29 is 14.7 Å². The first-order chi connectivity index (χ1) is 20.8. The van der Waals surface area contributed by atoms with Gasteiger partial charge >= 0.3 is 5.97 Å². The van der Waals surface area contributed by atoms with Crippen LogP contribution in [0.4, 0.5) is 0 Å². The SMILES string of the molecule is CC[C@H](C)[C@H](N)C(=O)CC[C@H]1c2cc3nc(cc4cc(C)c(cc5cc(C)c(cc(n2)C1(C)C)[nH]5)[nH]4)C(C)=C3CCC(=O)O. The first-order valence-electron chi connectivity index (χ1n) is 15.7. The molecule has 5 N–H and O–H groups in total. The lowest BCUT2D eigenvalue weighted by molar-refractivity contribution is -0.136. The minimum atomic E-state index is -0.847. The minimum Gasteiger partial charge on any atom is -0.481 e. The Hall–Kier alpha value is -4.04. The van der Waals surface area contributed by atoms with Gasteiger partial charge in [-0.3, -0.25) is 14.6 Å². The molecule has 3 atom stereocenters. The molecule has 0 spiro atoms. The predicted molar refractivity (Wildman–Crippen MR) is 177 cm³/mol. The number of hydrogen-bond donors (Lipinski definition) is 4. The molecule has 8 bridgehead atoms. The average Bonchev–Trinajstić information content (AvgIpc) is 3.64. The van der Waals surface area contributed by atoms with Gasteiger partial charge in [0.15, 0.2) is 0 Å². The highest BCUT2D eigenvalue weighted by molar-refractivity contribution is 5.93. The van der Waals surface area contributed by atoms with E-state index in [1.54, 1.807) is 0 Å². The third-order valence-electron chi connectivity index (χ3n) is 9.73. The van der Waals surface area contributed by atoms with Gasteiger partial charge in [-0.2, -0.15) is 0 Å². The molecule has 2 aliphatic heterocycles. The number of fused-ring (bicyclic) bond motifs is 8. The summed E-state index contributed by atoms with van der Waals surface area (Å²) in [6.45, 7) is 14.6. The van der Waals surface area contributed by atoms with Crippen molar-refractivity contribution in [1.29, 1.82) is 0 Å². The number of ketones is 1. The van der Waals surface area contributed by atoms with Crippen LogP contribution in [0.3, 0.4) is 0 Å². The Morgan fingerprint density at radius 3 is 2.20 bits per heavy atom. The highest BCUT2D eigenvalue weighted by atomic mass is 16.4. The second-order valence-corrected chi connectivity index (χ2v) is 13.2. The number of allylic oxidation sites excluding steroid dienone is 2. The summed E-state index contributed by atoms with van der Waals surface area (Å²) >= 11 is 0. The van der Waals surface area contributed by atoms with E-state index in [9.17, 15) is 14.7 Å². The first kappa shape index (κ1) is 31.4. The number of aryl methyl sites for hydroxylation is 2. The zero-order chi connectivity index (χ0) is 31.9. The molecule has 5 rings (SSSR count). The molecule has 2 aliphatic rings. The fourth-order valence-corrected chi connectivity index (χ4v) is 6.47. The van der Waals surface area contributed by atoms with Crippen molar-refractivity contribution in [2.75, 3.05) is 0 Å². The maximum absolute atomic E-state index is 13.2. The molecule has 3 aromatic heterocycles. The number of carboxylic acid groups (broad SMARTS) is 1. The Bertz CT molecular complexity index is 1810. The number of aromatic amines is 2. The molecule has 5 heterocycles. The van der Waals surface area contributed by atoms with E-state index in [2.05, 4.69) is 68.9 Å². The van der Waals surface area contributed by atoms with Gasteiger partial charge in [0.25, 0.3) is 0 Å². The minimum absolute atomic E-state index is 0.0102. The van der Waals surface area contributed by atoms with Crippen molar-refractivity contribution in [2.45, 2.75) is 97.9 Å². The fourth-order valence-electron chi connectivity index (χ4n) is 6.47. The maximum Gasteiger partial charge on any atom is 0.303 e. The third-order valence-corrected chi connectivity index (χ3v) is 9.73. The van der Waals surface area contributed by atoms with E-state index in [1.165, 1.54) is 0 Å². The first-order valence-corrected chi connectivity index (χ1v) is 15.7. The summed E-state index contributed by atoms with van der Waals surface area (Å²) < 4.78 is 0. The van der Waals surface area contributed by atoms with Crippen LogP contribution in [-0.4, -0.2) is 42.8 Å². The predicted octanol–water partition coefficient (Wildman–Crippen LogP) is 7.51. The molecule has 0 aromatic carbocycles. The molecule has 8 nitrogen and oxygen atoms in total. The van der Waals surface area contributed by atoms with E-state index in [0.717, 1.165) is 73.5 Å². The lowest BCUT2D eigenvalue weighted by atomic mass is 9.74. The van der Waals surface area contributed by atoms with Crippen molar-refractivity contribution in [1.82, 2.24) is 19.9 Å². The Kier molecular flexibility index (Phi) is 8.67. The molecule has 232 valence electrons. The molecule has 8 heteroatoms. The highest BCUT2D eigenvalue weighted by Gasteiger charge is 2.40.